The summed E-state index contributed by atoms with van der Waals surface area (Å²) in [4.78, 5) is 4.25. The number of aromatic nitrogens is 1. The summed E-state index contributed by atoms with van der Waals surface area (Å²) >= 11 is 0. The highest BCUT2D eigenvalue weighted by atomic mass is 16.5. The van der Waals surface area contributed by atoms with Crippen molar-refractivity contribution in [3.8, 4) is 17.2 Å². The van der Waals surface area contributed by atoms with Crippen LogP contribution < -0.4 is 19.9 Å². The molecule has 0 bridgehead atoms. The van der Waals surface area contributed by atoms with E-state index in [1.165, 1.54) is 0 Å². The van der Waals surface area contributed by atoms with Crippen molar-refractivity contribution in [2.24, 2.45) is 0 Å². The molecule has 0 aliphatic rings. The van der Waals surface area contributed by atoms with Gasteiger partial charge in [-0.2, -0.15) is 0 Å². The van der Waals surface area contributed by atoms with Gasteiger partial charge in [-0.3, -0.25) is 4.98 Å². The number of nitrogens with zero attached hydrogens (tertiary/aromatic N) is 1. The number of pyridine rings is 1. The van der Waals surface area contributed by atoms with Gasteiger partial charge in [-0.05, 0) is 18.6 Å². The molecule has 0 saturated heterocycles. The number of hydrogen-bond donors (Lipinski definition) is 1. The van der Waals surface area contributed by atoms with Crippen molar-refractivity contribution in [1.82, 2.24) is 4.98 Å². The molecule has 0 spiro atoms. The molecule has 5 nitrogen and oxygen atoms in total. The zero-order chi connectivity index (χ0) is 14.5. The van der Waals surface area contributed by atoms with Gasteiger partial charge < -0.3 is 19.9 Å². The lowest BCUT2D eigenvalue weighted by Gasteiger charge is -2.13. The number of nitrogens with two attached hydrogens (primary N) is 1. The van der Waals surface area contributed by atoms with Crippen LogP contribution in [-0.2, 0) is 6.61 Å². The van der Waals surface area contributed by atoms with Gasteiger partial charge in [0.25, 0.3) is 0 Å². The molecule has 2 rings (SSSR count). The molecule has 1 heterocycles. The fourth-order valence-corrected chi connectivity index (χ4v) is 1.88. The lowest BCUT2D eigenvalue weighted by Crippen LogP contribution is -2.04. The first-order chi connectivity index (χ1) is 9.67. The van der Waals surface area contributed by atoms with E-state index in [9.17, 15) is 0 Å². The maximum Gasteiger partial charge on any atom is 0.185 e. The Hall–Kier alpha value is -2.43. The Morgan fingerprint density at radius 2 is 1.90 bits per heavy atom. The SMILES string of the molecule is COc1ccnc(COc2cccc(C)c2N)c1OC. The minimum absolute atomic E-state index is 0.258. The van der Waals surface area contributed by atoms with Gasteiger partial charge in [0, 0.05) is 12.3 Å². The molecule has 2 N–H and O–H groups in total. The summed E-state index contributed by atoms with van der Waals surface area (Å²) in [7, 11) is 3.16. The van der Waals surface area contributed by atoms with Gasteiger partial charge in [0.2, 0.25) is 0 Å². The predicted octanol–water partition coefficient (Wildman–Crippen LogP) is 2.57. The first-order valence-electron chi connectivity index (χ1n) is 6.21. The average molecular weight is 274 g/mol. The second-order valence-corrected chi connectivity index (χ2v) is 4.27. The molecule has 1 aromatic carbocycles. The summed E-state index contributed by atoms with van der Waals surface area (Å²) in [6.45, 7) is 2.20. The Balaban J connectivity index is 2.21. The molecule has 0 atom stereocenters. The molecule has 0 saturated carbocycles. The number of hydrogen-bond acceptors (Lipinski definition) is 5. The summed E-state index contributed by atoms with van der Waals surface area (Å²) in [5.74, 6) is 1.83. The maximum atomic E-state index is 5.97. The standard InChI is InChI=1S/C15H18N2O3/c1-10-5-4-6-12(14(10)16)20-9-11-15(19-3)13(18-2)7-8-17-11/h4-8H,9,16H2,1-3H3. The van der Waals surface area contributed by atoms with E-state index in [-0.39, 0.29) is 6.61 Å². The Kier molecular flexibility index (Phi) is 4.30. The minimum Gasteiger partial charge on any atom is -0.493 e. The van der Waals surface area contributed by atoms with Crippen LogP contribution in [0, 0.1) is 6.92 Å². The van der Waals surface area contributed by atoms with Crippen molar-refractivity contribution in [3.05, 3.63) is 41.7 Å². The molecule has 2 aromatic rings. The molecular formula is C15H18N2O3. The monoisotopic (exact) mass is 274 g/mol. The number of nitrogen functional groups attached to an aromatic ring is 1. The molecule has 1 aromatic heterocycles. The first kappa shape index (κ1) is 14.0. The Morgan fingerprint density at radius 3 is 2.60 bits per heavy atom. The van der Waals surface area contributed by atoms with Crippen LogP contribution in [0.2, 0.25) is 0 Å². The fourth-order valence-electron chi connectivity index (χ4n) is 1.88. The van der Waals surface area contributed by atoms with Crippen LogP contribution in [0.5, 0.6) is 17.2 Å². The van der Waals surface area contributed by atoms with E-state index < -0.39 is 0 Å². The Bertz CT molecular complexity index is 600. The molecule has 0 aliphatic heterocycles. The first-order valence-corrected chi connectivity index (χ1v) is 6.21. The summed E-state index contributed by atoms with van der Waals surface area (Å²) in [5, 5.41) is 0. The van der Waals surface area contributed by atoms with Gasteiger partial charge in [-0.25, -0.2) is 0 Å². The molecule has 106 valence electrons. The zero-order valence-electron chi connectivity index (χ0n) is 11.8. The smallest absolute Gasteiger partial charge is 0.185 e. The number of anilines is 1. The molecule has 20 heavy (non-hydrogen) atoms. The van der Waals surface area contributed by atoms with Crippen LogP contribution in [0.3, 0.4) is 0 Å². The number of methoxy groups -OCH3 is 2. The summed E-state index contributed by atoms with van der Waals surface area (Å²) < 4.78 is 16.3. The van der Waals surface area contributed by atoms with Gasteiger partial charge in [-0.1, -0.05) is 12.1 Å². The number of rotatable bonds is 5. The quantitative estimate of drug-likeness (QED) is 0.849. The fraction of sp³-hybridized carbons (Fsp3) is 0.267. The van der Waals surface area contributed by atoms with E-state index in [0.717, 1.165) is 5.56 Å². The lowest BCUT2D eigenvalue weighted by atomic mass is 10.2. The third kappa shape index (κ3) is 2.77. The van der Waals surface area contributed by atoms with Gasteiger partial charge in [0.15, 0.2) is 11.5 Å². The van der Waals surface area contributed by atoms with E-state index in [1.54, 1.807) is 26.5 Å². The van der Waals surface area contributed by atoms with Gasteiger partial charge >= 0.3 is 0 Å². The molecule has 0 unspecified atom stereocenters. The Morgan fingerprint density at radius 1 is 1.10 bits per heavy atom. The van der Waals surface area contributed by atoms with Crippen LogP contribution in [-0.4, -0.2) is 19.2 Å². The summed E-state index contributed by atoms with van der Waals surface area (Å²) in [5.41, 5.74) is 8.25. The second kappa shape index (κ2) is 6.14. The van der Waals surface area contributed by atoms with Crippen LogP contribution in [0.1, 0.15) is 11.3 Å². The maximum absolute atomic E-state index is 5.97. The predicted molar refractivity (Wildman–Crippen MR) is 77.3 cm³/mol. The molecule has 5 heteroatoms. The number of para-hydroxylation sites is 1. The van der Waals surface area contributed by atoms with Gasteiger partial charge in [0.05, 0.1) is 19.9 Å². The molecular weight excluding hydrogens is 256 g/mol. The van der Waals surface area contributed by atoms with Crippen molar-refractivity contribution in [1.29, 1.82) is 0 Å². The second-order valence-electron chi connectivity index (χ2n) is 4.27. The molecule has 0 aliphatic carbocycles. The van der Waals surface area contributed by atoms with Crippen molar-refractivity contribution >= 4 is 5.69 Å². The largest absolute Gasteiger partial charge is 0.493 e. The topological polar surface area (TPSA) is 66.6 Å². The van der Waals surface area contributed by atoms with E-state index in [1.807, 2.05) is 25.1 Å². The lowest BCUT2D eigenvalue weighted by molar-refractivity contribution is 0.286. The Labute approximate surface area is 118 Å². The van der Waals surface area contributed by atoms with Crippen molar-refractivity contribution < 1.29 is 14.2 Å². The molecule has 0 radical (unpaired) electrons. The molecule has 0 amide bonds. The summed E-state index contributed by atoms with van der Waals surface area (Å²) in [6, 6.07) is 7.40. The summed E-state index contributed by atoms with van der Waals surface area (Å²) in [6.07, 6.45) is 1.65. The van der Waals surface area contributed by atoms with E-state index in [0.29, 0.717) is 28.6 Å². The van der Waals surface area contributed by atoms with Crippen molar-refractivity contribution in [2.75, 3.05) is 20.0 Å². The normalized spacial score (nSPS) is 10.2. The van der Waals surface area contributed by atoms with Crippen LogP contribution >= 0.6 is 0 Å². The average Bonchev–Trinajstić information content (AvgIpc) is 2.48. The van der Waals surface area contributed by atoms with Crippen molar-refractivity contribution in [3.63, 3.8) is 0 Å². The highest BCUT2D eigenvalue weighted by Gasteiger charge is 2.12. The van der Waals surface area contributed by atoms with E-state index >= 15 is 0 Å². The molecule has 0 fully saturated rings. The highest BCUT2D eigenvalue weighted by Crippen LogP contribution is 2.31. The van der Waals surface area contributed by atoms with Crippen molar-refractivity contribution in [2.45, 2.75) is 13.5 Å². The zero-order valence-corrected chi connectivity index (χ0v) is 11.8. The minimum atomic E-state index is 0.258. The highest BCUT2D eigenvalue weighted by molar-refractivity contribution is 5.57. The van der Waals surface area contributed by atoms with Crippen LogP contribution in [0.4, 0.5) is 5.69 Å². The van der Waals surface area contributed by atoms with E-state index in [4.69, 9.17) is 19.9 Å². The third-order valence-corrected chi connectivity index (χ3v) is 3.01. The number of benzene rings is 1. The van der Waals surface area contributed by atoms with Gasteiger partial charge in [-0.15, -0.1) is 0 Å². The third-order valence-electron chi connectivity index (χ3n) is 3.01. The van der Waals surface area contributed by atoms with Gasteiger partial charge in [0.1, 0.15) is 18.1 Å². The number of ether oxygens (including phenoxy) is 3. The number of aryl methyl sites for hydroxylation is 1. The van der Waals surface area contributed by atoms with Crippen LogP contribution in [0.15, 0.2) is 30.5 Å². The van der Waals surface area contributed by atoms with E-state index in [2.05, 4.69) is 4.98 Å². The van der Waals surface area contributed by atoms with Crippen LogP contribution in [0.25, 0.3) is 0 Å².